The van der Waals surface area contributed by atoms with Crippen molar-refractivity contribution >= 4 is 35.1 Å². The number of Topliss-reactive ketones (excluding diaryl/α,β-unsaturated/α-hetero) is 1. The zero-order chi connectivity index (χ0) is 33.3. The van der Waals surface area contributed by atoms with Crippen LogP contribution in [0.3, 0.4) is 0 Å². The molecule has 0 saturated carbocycles. The van der Waals surface area contributed by atoms with E-state index in [4.69, 9.17) is 0 Å². The third-order valence-corrected chi connectivity index (χ3v) is 7.92. The molecule has 0 aliphatic carbocycles. The highest BCUT2D eigenvalue weighted by molar-refractivity contribution is 6.38. The van der Waals surface area contributed by atoms with E-state index in [1.165, 1.54) is 6.92 Å². The van der Waals surface area contributed by atoms with Gasteiger partial charge in [0.05, 0.1) is 6.04 Å². The Morgan fingerprint density at radius 3 is 1.93 bits per heavy atom. The Balaban J connectivity index is 1.55. The molecule has 0 unspecified atom stereocenters. The Labute approximate surface area is 266 Å². The second-order valence-corrected chi connectivity index (χ2v) is 13.1. The molecule has 1 saturated heterocycles. The molecule has 0 bridgehead atoms. The molecule has 1 aliphatic rings. The molecule has 11 nitrogen and oxygen atoms in total. The summed E-state index contributed by atoms with van der Waals surface area (Å²) in [6.07, 6.45) is 0. The van der Waals surface area contributed by atoms with Crippen LogP contribution in [0.1, 0.15) is 57.5 Å². The van der Waals surface area contributed by atoms with Crippen LogP contribution in [-0.4, -0.2) is 85.7 Å². The zero-order valence-corrected chi connectivity index (χ0v) is 27.5. The normalized spacial score (nSPS) is 15.9. The molecule has 0 spiro atoms. The van der Waals surface area contributed by atoms with Gasteiger partial charge in [-0.2, -0.15) is 0 Å². The van der Waals surface area contributed by atoms with Gasteiger partial charge in [0.1, 0.15) is 12.1 Å². The first-order chi connectivity index (χ1) is 21.2. The maximum Gasteiger partial charge on any atom is 0.289 e. The smallest absolute Gasteiger partial charge is 0.289 e. The summed E-state index contributed by atoms with van der Waals surface area (Å²) >= 11 is 0. The molecule has 0 aromatic heterocycles. The second-order valence-electron chi connectivity index (χ2n) is 13.1. The summed E-state index contributed by atoms with van der Waals surface area (Å²) in [6, 6.07) is 13.4. The van der Waals surface area contributed by atoms with Gasteiger partial charge in [-0.05, 0) is 55.1 Å². The first-order valence-corrected chi connectivity index (χ1v) is 15.5. The van der Waals surface area contributed by atoms with Crippen LogP contribution in [0.2, 0.25) is 0 Å². The lowest BCUT2D eigenvalue weighted by Crippen LogP contribution is -2.59. The fraction of sp³-hybridized carbons (Fsp3) is 0.500. The van der Waals surface area contributed by atoms with Crippen molar-refractivity contribution in [3.63, 3.8) is 0 Å². The maximum atomic E-state index is 13.2. The lowest BCUT2D eigenvalue weighted by Gasteiger charge is -2.34. The van der Waals surface area contributed by atoms with Crippen molar-refractivity contribution in [2.75, 3.05) is 38.1 Å². The number of carbonyl (C=O) groups excluding carboxylic acids is 5. The maximum absolute atomic E-state index is 13.2. The van der Waals surface area contributed by atoms with Gasteiger partial charge in [-0.15, -0.1) is 0 Å². The van der Waals surface area contributed by atoms with Crippen molar-refractivity contribution in [2.45, 2.75) is 66.2 Å². The fourth-order valence-corrected chi connectivity index (χ4v) is 4.95. The first kappa shape index (κ1) is 35.2. The van der Waals surface area contributed by atoms with Crippen LogP contribution in [0.5, 0.6) is 0 Å². The molecule has 11 heteroatoms. The SMILES string of the molecule is CC(C)[C@H](NC(=O)[C@H](C)NC(=O)[C@@H](NC(=O)c1ccccc1)C(C)(C)C)C(=O)C(=O)NCc1ccc(N2CCN(C)CC2)cc1. The number of hydrogen-bond acceptors (Lipinski definition) is 7. The number of carbonyl (C=O) groups is 5. The van der Waals surface area contributed by atoms with E-state index in [0.717, 1.165) is 37.4 Å². The van der Waals surface area contributed by atoms with Gasteiger partial charge in [-0.25, -0.2) is 0 Å². The van der Waals surface area contributed by atoms with Gasteiger partial charge in [-0.3, -0.25) is 24.0 Å². The van der Waals surface area contributed by atoms with E-state index in [0.29, 0.717) is 5.56 Å². The van der Waals surface area contributed by atoms with E-state index >= 15 is 0 Å². The van der Waals surface area contributed by atoms with E-state index in [-0.39, 0.29) is 12.5 Å². The van der Waals surface area contributed by atoms with E-state index in [1.54, 1.807) is 65.0 Å². The molecular weight excluding hydrogens is 572 g/mol. The molecule has 1 aliphatic heterocycles. The van der Waals surface area contributed by atoms with Crippen LogP contribution in [0.15, 0.2) is 54.6 Å². The third-order valence-electron chi connectivity index (χ3n) is 7.92. The molecule has 1 heterocycles. The Bertz CT molecular complexity index is 1330. The highest BCUT2D eigenvalue weighted by atomic mass is 16.2. The monoisotopic (exact) mass is 620 g/mol. The van der Waals surface area contributed by atoms with Crippen molar-refractivity contribution in [3.8, 4) is 0 Å². The predicted octanol–water partition coefficient (Wildman–Crippen LogP) is 2.11. The van der Waals surface area contributed by atoms with Crippen LogP contribution < -0.4 is 26.2 Å². The summed E-state index contributed by atoms with van der Waals surface area (Å²) < 4.78 is 0. The molecule has 3 atom stereocenters. The van der Waals surface area contributed by atoms with Gasteiger partial charge in [0.2, 0.25) is 17.6 Å². The molecule has 3 rings (SSSR count). The number of anilines is 1. The van der Waals surface area contributed by atoms with E-state index in [2.05, 4.69) is 38.1 Å². The number of rotatable bonds is 12. The topological polar surface area (TPSA) is 140 Å². The quantitative estimate of drug-likeness (QED) is 0.267. The van der Waals surface area contributed by atoms with Crippen LogP contribution in [0.25, 0.3) is 0 Å². The average Bonchev–Trinajstić information content (AvgIpc) is 3.00. The van der Waals surface area contributed by atoms with Crippen LogP contribution in [0.4, 0.5) is 5.69 Å². The Morgan fingerprint density at radius 1 is 0.778 bits per heavy atom. The van der Waals surface area contributed by atoms with Crippen LogP contribution >= 0.6 is 0 Å². The number of nitrogens with zero attached hydrogens (tertiary/aromatic N) is 2. The third kappa shape index (κ3) is 10.1. The lowest BCUT2D eigenvalue weighted by molar-refractivity contribution is -0.141. The molecule has 2 aromatic rings. The number of hydrogen-bond donors (Lipinski definition) is 4. The first-order valence-electron chi connectivity index (χ1n) is 15.5. The highest BCUT2D eigenvalue weighted by Gasteiger charge is 2.36. The largest absolute Gasteiger partial charge is 0.369 e. The van der Waals surface area contributed by atoms with E-state index < -0.39 is 53.0 Å². The van der Waals surface area contributed by atoms with Gasteiger partial charge in [0.15, 0.2) is 0 Å². The Kier molecular flexibility index (Phi) is 12.3. The fourth-order valence-electron chi connectivity index (χ4n) is 4.95. The average molecular weight is 621 g/mol. The van der Waals surface area contributed by atoms with Crippen molar-refractivity contribution in [1.29, 1.82) is 0 Å². The predicted molar refractivity (Wildman–Crippen MR) is 175 cm³/mol. The summed E-state index contributed by atoms with van der Waals surface area (Å²) in [5.74, 6) is -3.53. The molecule has 2 aromatic carbocycles. The van der Waals surface area contributed by atoms with Gasteiger partial charge < -0.3 is 31.1 Å². The number of benzene rings is 2. The van der Waals surface area contributed by atoms with Crippen LogP contribution in [-0.2, 0) is 25.7 Å². The molecule has 4 N–H and O–H groups in total. The summed E-state index contributed by atoms with van der Waals surface area (Å²) in [5, 5.41) is 10.7. The summed E-state index contributed by atoms with van der Waals surface area (Å²) in [4.78, 5) is 69.6. The van der Waals surface area contributed by atoms with Crippen molar-refractivity contribution in [2.24, 2.45) is 11.3 Å². The van der Waals surface area contributed by atoms with Gasteiger partial charge >= 0.3 is 0 Å². The minimum absolute atomic E-state index is 0.168. The number of piperazine rings is 1. The minimum Gasteiger partial charge on any atom is -0.369 e. The molecule has 244 valence electrons. The van der Waals surface area contributed by atoms with Crippen LogP contribution in [0, 0.1) is 11.3 Å². The Hall–Kier alpha value is -4.25. The zero-order valence-electron chi connectivity index (χ0n) is 27.5. The van der Waals surface area contributed by atoms with E-state index in [9.17, 15) is 24.0 Å². The lowest BCUT2D eigenvalue weighted by atomic mass is 9.85. The van der Waals surface area contributed by atoms with E-state index in [1.807, 2.05) is 24.3 Å². The van der Waals surface area contributed by atoms with Gasteiger partial charge in [0.25, 0.3) is 11.8 Å². The number of nitrogens with one attached hydrogen (secondary N) is 4. The van der Waals surface area contributed by atoms with Crippen molar-refractivity contribution in [3.05, 3.63) is 65.7 Å². The molecular formula is C34H48N6O5. The van der Waals surface area contributed by atoms with Crippen molar-refractivity contribution < 1.29 is 24.0 Å². The van der Waals surface area contributed by atoms with Gasteiger partial charge in [0, 0.05) is 44.0 Å². The Morgan fingerprint density at radius 2 is 1.38 bits per heavy atom. The number of amides is 4. The number of likely N-dealkylation sites (N-methyl/N-ethyl adjacent to an activating group) is 1. The number of ketones is 1. The summed E-state index contributed by atoms with van der Waals surface area (Å²) in [6.45, 7) is 14.4. The molecule has 0 radical (unpaired) electrons. The van der Waals surface area contributed by atoms with Gasteiger partial charge in [-0.1, -0.05) is 65.0 Å². The summed E-state index contributed by atoms with van der Waals surface area (Å²) in [7, 11) is 2.11. The standard InChI is InChI=1S/C34H48N6O5/c1-22(2)27(28(41)32(44)35-21-24-13-15-26(16-14-24)40-19-17-39(7)18-20-40)37-30(42)23(3)36-33(45)29(34(4,5)6)38-31(43)25-11-9-8-10-12-25/h8-16,22-23,27,29H,17-21H2,1-7H3,(H,35,44)(H,36,45)(H,37,42)(H,38,43)/t23-,27-,29+/m0/s1. The summed E-state index contributed by atoms with van der Waals surface area (Å²) in [5.41, 5.74) is 1.71. The van der Waals surface area contributed by atoms with Crippen molar-refractivity contribution in [1.82, 2.24) is 26.2 Å². The highest BCUT2D eigenvalue weighted by Crippen LogP contribution is 2.21. The molecule has 1 fully saturated rings. The molecule has 45 heavy (non-hydrogen) atoms. The minimum atomic E-state index is -1.09. The second kappa shape index (κ2) is 15.7. The molecule has 4 amide bonds.